The first-order chi connectivity index (χ1) is 9.63. The third kappa shape index (κ3) is 3.36. The molecule has 0 atom stereocenters. The zero-order valence-corrected chi connectivity index (χ0v) is 12.6. The normalized spacial score (nSPS) is 10.2. The quantitative estimate of drug-likeness (QED) is 0.892. The van der Waals surface area contributed by atoms with E-state index in [1.54, 1.807) is 20.3 Å². The van der Waals surface area contributed by atoms with Gasteiger partial charge in [0, 0.05) is 18.7 Å². The van der Waals surface area contributed by atoms with Crippen LogP contribution in [0.5, 0.6) is 11.5 Å². The Kier molecular flexibility index (Phi) is 4.74. The van der Waals surface area contributed by atoms with E-state index in [0.717, 1.165) is 5.69 Å². The zero-order valence-electron chi connectivity index (χ0n) is 11.9. The van der Waals surface area contributed by atoms with Crippen LogP contribution in [0.2, 0.25) is 5.02 Å². The summed E-state index contributed by atoms with van der Waals surface area (Å²) >= 11 is 6.09. The van der Waals surface area contributed by atoms with Gasteiger partial charge in [0.2, 0.25) is 0 Å². The Morgan fingerprint density at radius 1 is 1.05 bits per heavy atom. The lowest BCUT2D eigenvalue weighted by atomic mass is 10.1. The molecule has 4 heteroatoms. The number of halogens is 1. The third-order valence-corrected chi connectivity index (χ3v) is 3.33. The van der Waals surface area contributed by atoms with E-state index in [9.17, 15) is 0 Å². The second-order valence-corrected chi connectivity index (χ2v) is 4.94. The average molecular weight is 292 g/mol. The zero-order chi connectivity index (χ0) is 14.5. The van der Waals surface area contributed by atoms with E-state index in [2.05, 4.69) is 30.4 Å². The summed E-state index contributed by atoms with van der Waals surface area (Å²) in [5, 5.41) is 3.88. The summed E-state index contributed by atoms with van der Waals surface area (Å²) in [6.07, 6.45) is 0. The minimum absolute atomic E-state index is 0.533. The van der Waals surface area contributed by atoms with Crippen LogP contribution in [0, 0.1) is 6.92 Å². The van der Waals surface area contributed by atoms with Crippen LogP contribution in [0.15, 0.2) is 36.4 Å². The fourth-order valence-electron chi connectivity index (χ4n) is 2.02. The molecule has 20 heavy (non-hydrogen) atoms. The second-order valence-electron chi connectivity index (χ2n) is 4.53. The molecule has 3 nitrogen and oxygen atoms in total. The summed E-state index contributed by atoms with van der Waals surface area (Å²) in [6, 6.07) is 11.9. The second kappa shape index (κ2) is 6.53. The molecule has 0 saturated heterocycles. The first-order valence-electron chi connectivity index (χ1n) is 6.35. The molecule has 1 N–H and O–H groups in total. The Hall–Kier alpha value is -1.87. The minimum atomic E-state index is 0.533. The molecule has 2 rings (SSSR count). The van der Waals surface area contributed by atoms with E-state index < -0.39 is 0 Å². The van der Waals surface area contributed by atoms with Crippen LogP contribution < -0.4 is 14.8 Å². The number of benzene rings is 2. The molecular formula is C16H18ClNO2. The molecule has 2 aromatic rings. The first-order valence-corrected chi connectivity index (χ1v) is 6.72. The monoisotopic (exact) mass is 291 g/mol. The fraction of sp³-hybridized carbons (Fsp3) is 0.250. The Morgan fingerprint density at radius 3 is 2.45 bits per heavy atom. The van der Waals surface area contributed by atoms with Gasteiger partial charge in [-0.2, -0.15) is 0 Å². The molecule has 0 amide bonds. The summed E-state index contributed by atoms with van der Waals surface area (Å²) in [7, 11) is 3.22. The molecule has 0 aromatic heterocycles. The van der Waals surface area contributed by atoms with Gasteiger partial charge in [-0.1, -0.05) is 41.4 Å². The van der Waals surface area contributed by atoms with E-state index in [1.807, 2.05) is 12.1 Å². The van der Waals surface area contributed by atoms with Crippen LogP contribution >= 0.6 is 11.6 Å². The van der Waals surface area contributed by atoms with Crippen LogP contribution in [0.4, 0.5) is 5.69 Å². The number of nitrogens with one attached hydrogen (secondary N) is 1. The SMILES string of the molecule is COc1cc(NCc2cccc(C)c2)c(OC)cc1Cl. The number of methoxy groups -OCH3 is 2. The molecule has 2 aromatic carbocycles. The van der Waals surface area contributed by atoms with Gasteiger partial charge in [0.05, 0.1) is 24.9 Å². The average Bonchev–Trinajstić information content (AvgIpc) is 2.45. The van der Waals surface area contributed by atoms with Crippen LogP contribution in [-0.4, -0.2) is 14.2 Å². The summed E-state index contributed by atoms with van der Waals surface area (Å²) < 4.78 is 10.6. The van der Waals surface area contributed by atoms with Gasteiger partial charge < -0.3 is 14.8 Å². The number of aryl methyl sites for hydroxylation is 1. The van der Waals surface area contributed by atoms with Crippen molar-refractivity contribution >= 4 is 17.3 Å². The Labute approximate surface area is 124 Å². The van der Waals surface area contributed by atoms with Gasteiger partial charge in [-0.05, 0) is 12.5 Å². The van der Waals surface area contributed by atoms with Gasteiger partial charge in [0.25, 0.3) is 0 Å². The fourth-order valence-corrected chi connectivity index (χ4v) is 2.25. The highest BCUT2D eigenvalue weighted by Crippen LogP contribution is 2.36. The third-order valence-electron chi connectivity index (χ3n) is 3.04. The number of hydrogen-bond donors (Lipinski definition) is 1. The molecule has 0 fully saturated rings. The lowest BCUT2D eigenvalue weighted by Gasteiger charge is -2.14. The maximum Gasteiger partial charge on any atom is 0.143 e. The summed E-state index contributed by atoms with van der Waals surface area (Å²) in [5.74, 6) is 1.32. The molecule has 0 aliphatic carbocycles. The Bertz CT molecular complexity index is 599. The van der Waals surface area contributed by atoms with Crippen molar-refractivity contribution in [2.45, 2.75) is 13.5 Å². The smallest absolute Gasteiger partial charge is 0.143 e. The van der Waals surface area contributed by atoms with Crippen LogP contribution in [0.1, 0.15) is 11.1 Å². The minimum Gasteiger partial charge on any atom is -0.495 e. The molecule has 0 aliphatic rings. The summed E-state index contributed by atoms with van der Waals surface area (Å²) in [6.45, 7) is 2.79. The van der Waals surface area contributed by atoms with Crippen LogP contribution in [0.25, 0.3) is 0 Å². The van der Waals surface area contributed by atoms with E-state index >= 15 is 0 Å². The van der Waals surface area contributed by atoms with E-state index in [4.69, 9.17) is 21.1 Å². The molecule has 0 radical (unpaired) electrons. The van der Waals surface area contributed by atoms with Crippen molar-refractivity contribution in [3.05, 3.63) is 52.5 Å². The maximum absolute atomic E-state index is 6.09. The standard InChI is InChI=1S/C16H18ClNO2/c1-11-5-4-6-12(7-11)10-18-14-9-15(19-2)13(17)8-16(14)20-3/h4-9,18H,10H2,1-3H3. The molecule has 0 saturated carbocycles. The van der Waals surface area contributed by atoms with Crippen molar-refractivity contribution in [3.63, 3.8) is 0 Å². The molecular weight excluding hydrogens is 274 g/mol. The van der Waals surface area contributed by atoms with Gasteiger partial charge >= 0.3 is 0 Å². The van der Waals surface area contributed by atoms with Crippen molar-refractivity contribution < 1.29 is 9.47 Å². The molecule has 0 heterocycles. The predicted octanol–water partition coefficient (Wildman–Crippen LogP) is 4.28. The first kappa shape index (κ1) is 14.5. The van der Waals surface area contributed by atoms with E-state index in [0.29, 0.717) is 23.1 Å². The highest BCUT2D eigenvalue weighted by Gasteiger charge is 2.09. The number of ether oxygens (including phenoxy) is 2. The topological polar surface area (TPSA) is 30.5 Å². The molecule has 0 spiro atoms. The Morgan fingerprint density at radius 2 is 1.80 bits per heavy atom. The van der Waals surface area contributed by atoms with Gasteiger partial charge in [0.15, 0.2) is 0 Å². The largest absolute Gasteiger partial charge is 0.495 e. The predicted molar refractivity (Wildman–Crippen MR) is 83.1 cm³/mol. The lowest BCUT2D eigenvalue weighted by Crippen LogP contribution is -2.02. The van der Waals surface area contributed by atoms with Crippen molar-refractivity contribution in [2.75, 3.05) is 19.5 Å². The van der Waals surface area contributed by atoms with E-state index in [1.165, 1.54) is 11.1 Å². The van der Waals surface area contributed by atoms with Gasteiger partial charge in [-0.3, -0.25) is 0 Å². The van der Waals surface area contributed by atoms with Gasteiger partial charge in [-0.15, -0.1) is 0 Å². The maximum atomic E-state index is 6.09. The van der Waals surface area contributed by atoms with Crippen LogP contribution in [0.3, 0.4) is 0 Å². The molecule has 0 aliphatic heterocycles. The van der Waals surface area contributed by atoms with Crippen molar-refractivity contribution in [2.24, 2.45) is 0 Å². The van der Waals surface area contributed by atoms with Gasteiger partial charge in [-0.25, -0.2) is 0 Å². The number of anilines is 1. The van der Waals surface area contributed by atoms with Gasteiger partial charge in [0.1, 0.15) is 11.5 Å². The molecule has 0 bridgehead atoms. The highest BCUT2D eigenvalue weighted by molar-refractivity contribution is 6.32. The van der Waals surface area contributed by atoms with Crippen molar-refractivity contribution in [3.8, 4) is 11.5 Å². The van der Waals surface area contributed by atoms with Crippen molar-refractivity contribution in [1.29, 1.82) is 0 Å². The van der Waals surface area contributed by atoms with E-state index in [-0.39, 0.29) is 0 Å². The number of rotatable bonds is 5. The highest BCUT2D eigenvalue weighted by atomic mass is 35.5. The molecule has 0 unspecified atom stereocenters. The summed E-state index contributed by atoms with van der Waals surface area (Å²) in [4.78, 5) is 0. The van der Waals surface area contributed by atoms with Crippen molar-refractivity contribution in [1.82, 2.24) is 0 Å². The summed E-state index contributed by atoms with van der Waals surface area (Å²) in [5.41, 5.74) is 3.31. The number of hydrogen-bond acceptors (Lipinski definition) is 3. The molecule has 106 valence electrons. The van der Waals surface area contributed by atoms with Crippen LogP contribution in [-0.2, 0) is 6.54 Å². The lowest BCUT2D eigenvalue weighted by molar-refractivity contribution is 0.404. The Balaban J connectivity index is 2.20.